The van der Waals surface area contributed by atoms with Gasteiger partial charge in [0.1, 0.15) is 18.1 Å². The number of imidazole rings is 1. The highest BCUT2D eigenvalue weighted by atomic mass is 16.4. The van der Waals surface area contributed by atoms with Crippen LogP contribution < -0.4 is 27.4 Å². The van der Waals surface area contributed by atoms with E-state index in [1.54, 1.807) is 6.20 Å². The van der Waals surface area contributed by atoms with Gasteiger partial charge in [-0.15, -0.1) is 0 Å². The van der Waals surface area contributed by atoms with E-state index in [1.165, 1.54) is 12.5 Å². The molecule has 0 unspecified atom stereocenters. The van der Waals surface area contributed by atoms with Crippen LogP contribution in [0.1, 0.15) is 44.4 Å². The van der Waals surface area contributed by atoms with Crippen molar-refractivity contribution in [3.8, 4) is 0 Å². The number of nitrogens with one attached hydrogen (secondary N) is 5. The Morgan fingerprint density at radius 3 is 2.24 bits per heavy atom. The highest BCUT2D eigenvalue weighted by molar-refractivity contribution is 5.94. The highest BCUT2D eigenvalue weighted by Crippen LogP contribution is 2.19. The smallest absolute Gasteiger partial charge is 0.326 e. The molecule has 3 rings (SSSR count). The van der Waals surface area contributed by atoms with Gasteiger partial charge >= 0.3 is 5.97 Å². The second-order valence-corrected chi connectivity index (χ2v) is 10.6. The molecule has 0 aliphatic carbocycles. The molecule has 0 saturated heterocycles. The first kappa shape index (κ1) is 31.8. The van der Waals surface area contributed by atoms with Crippen LogP contribution in [0.2, 0.25) is 0 Å². The van der Waals surface area contributed by atoms with Crippen molar-refractivity contribution in [3.05, 3.63) is 54.2 Å². The lowest BCUT2D eigenvalue weighted by molar-refractivity contribution is -0.142. The molecule has 2 aromatic heterocycles. The van der Waals surface area contributed by atoms with Crippen LogP contribution in [0.3, 0.4) is 0 Å². The predicted molar refractivity (Wildman–Crippen MR) is 154 cm³/mol. The summed E-state index contributed by atoms with van der Waals surface area (Å²) in [6, 6.07) is 2.83. The van der Waals surface area contributed by atoms with Crippen LogP contribution in [0.15, 0.2) is 43.0 Å². The number of aromatic nitrogens is 3. The number of nitrogens with zero attached hydrogens (tertiary/aromatic N) is 1. The normalized spacial score (nSPS) is 14.1. The highest BCUT2D eigenvalue weighted by Gasteiger charge is 2.31. The average Bonchev–Trinajstić information content (AvgIpc) is 3.60. The molecule has 4 atom stereocenters. The molecule has 42 heavy (non-hydrogen) atoms. The lowest BCUT2D eigenvalue weighted by atomic mass is 10.0. The molecule has 14 nitrogen and oxygen atoms in total. The zero-order chi connectivity index (χ0) is 30.8. The summed E-state index contributed by atoms with van der Waals surface area (Å²) in [6.07, 6.45) is 4.73. The summed E-state index contributed by atoms with van der Waals surface area (Å²) < 4.78 is 0. The number of primary amides is 1. The summed E-state index contributed by atoms with van der Waals surface area (Å²) in [4.78, 5) is 72.6. The van der Waals surface area contributed by atoms with Crippen molar-refractivity contribution >= 4 is 40.5 Å². The van der Waals surface area contributed by atoms with Gasteiger partial charge in [0, 0.05) is 48.3 Å². The molecule has 0 radical (unpaired) electrons. The first-order valence-electron chi connectivity index (χ1n) is 13.6. The van der Waals surface area contributed by atoms with Gasteiger partial charge in [-0.3, -0.25) is 19.2 Å². The average molecular weight is 583 g/mol. The van der Waals surface area contributed by atoms with Gasteiger partial charge in [0.15, 0.2) is 0 Å². The maximum atomic E-state index is 13.4. The second-order valence-electron chi connectivity index (χ2n) is 10.6. The van der Waals surface area contributed by atoms with Crippen molar-refractivity contribution in [3.63, 3.8) is 0 Å². The third kappa shape index (κ3) is 9.16. The standard InChI is InChI=1S/C28H38N8O6/c1-15(2)9-21(26(39)36-23(28(41)42)10-16-12-32-20-6-4-3-5-18(16)20)35-27(40)22(11-17-13-31-14-33-17)34-25(38)19(29)7-8-24(30)37/h3-6,12-15,19,21-23,32H,7-11,29H2,1-2H3,(H2,30,37)(H,31,33)(H,34,38)(H,35,40)(H,36,39)(H,41,42)/t19-,21-,22-,23-/m0/s1. The number of para-hydroxylation sites is 1. The van der Waals surface area contributed by atoms with Crippen LogP contribution in [0.5, 0.6) is 0 Å². The molecule has 0 saturated carbocycles. The third-order valence-corrected chi connectivity index (χ3v) is 6.70. The fraction of sp³-hybridized carbons (Fsp3) is 0.429. The van der Waals surface area contributed by atoms with E-state index in [4.69, 9.17) is 11.5 Å². The first-order chi connectivity index (χ1) is 19.9. The number of hydrogen-bond acceptors (Lipinski definition) is 7. The largest absolute Gasteiger partial charge is 0.480 e. The van der Waals surface area contributed by atoms with Crippen LogP contribution >= 0.6 is 0 Å². The van der Waals surface area contributed by atoms with E-state index >= 15 is 0 Å². The summed E-state index contributed by atoms with van der Waals surface area (Å²) in [5.74, 6) is -3.90. The lowest BCUT2D eigenvalue weighted by Crippen LogP contribution is -2.58. The predicted octanol–water partition coefficient (Wildman–Crippen LogP) is -0.146. The van der Waals surface area contributed by atoms with Crippen molar-refractivity contribution in [1.82, 2.24) is 30.9 Å². The fourth-order valence-corrected chi connectivity index (χ4v) is 4.50. The van der Waals surface area contributed by atoms with Crippen molar-refractivity contribution in [2.75, 3.05) is 0 Å². The van der Waals surface area contributed by atoms with E-state index in [9.17, 15) is 29.1 Å². The Morgan fingerprint density at radius 2 is 1.60 bits per heavy atom. The van der Waals surface area contributed by atoms with Crippen molar-refractivity contribution in [2.45, 2.75) is 70.1 Å². The summed E-state index contributed by atoms with van der Waals surface area (Å²) >= 11 is 0. The van der Waals surface area contributed by atoms with Gasteiger partial charge in [-0.05, 0) is 30.4 Å². The summed E-state index contributed by atoms with van der Waals surface area (Å²) in [6.45, 7) is 3.71. The monoisotopic (exact) mass is 582 g/mol. The van der Waals surface area contributed by atoms with Crippen molar-refractivity contribution in [1.29, 1.82) is 0 Å². The first-order valence-corrected chi connectivity index (χ1v) is 13.6. The Kier molecular flexibility index (Phi) is 11.2. The molecular weight excluding hydrogens is 544 g/mol. The van der Waals surface area contributed by atoms with Gasteiger partial charge < -0.3 is 42.5 Å². The number of H-pyrrole nitrogens is 2. The molecule has 0 fully saturated rings. The van der Waals surface area contributed by atoms with Gasteiger partial charge in [-0.2, -0.15) is 0 Å². The van der Waals surface area contributed by atoms with Gasteiger partial charge in [0.05, 0.1) is 12.4 Å². The molecule has 14 heteroatoms. The Labute approximate surface area is 242 Å². The number of benzene rings is 1. The number of carbonyl (C=O) groups is 5. The number of carboxylic acid groups (broad SMARTS) is 1. The zero-order valence-corrected chi connectivity index (χ0v) is 23.6. The molecule has 0 aliphatic rings. The van der Waals surface area contributed by atoms with Crippen LogP contribution in [0.4, 0.5) is 0 Å². The van der Waals surface area contributed by atoms with Crippen molar-refractivity contribution < 1.29 is 29.1 Å². The van der Waals surface area contributed by atoms with Crippen molar-refractivity contribution in [2.24, 2.45) is 17.4 Å². The van der Waals surface area contributed by atoms with E-state index in [-0.39, 0.29) is 38.0 Å². The molecule has 4 amide bonds. The minimum atomic E-state index is -1.26. The van der Waals surface area contributed by atoms with E-state index in [0.717, 1.165) is 16.5 Å². The fourth-order valence-electron chi connectivity index (χ4n) is 4.50. The van der Waals surface area contributed by atoms with Gasteiger partial charge in [-0.1, -0.05) is 32.0 Å². The van der Waals surface area contributed by atoms with Crippen LogP contribution in [0.25, 0.3) is 10.9 Å². The molecule has 0 bridgehead atoms. The SMILES string of the molecule is CC(C)C[C@H](NC(=O)[C@H](Cc1cnc[nH]1)NC(=O)[C@@H](N)CCC(N)=O)C(=O)N[C@@H](Cc1c[nH]c2ccccc12)C(=O)O. The maximum absolute atomic E-state index is 13.4. The van der Waals surface area contributed by atoms with E-state index in [0.29, 0.717) is 5.69 Å². The number of hydrogen-bond donors (Lipinski definition) is 8. The Hall–Kier alpha value is -4.72. The topological polar surface area (TPSA) is 238 Å². The van der Waals surface area contributed by atoms with Crippen LogP contribution in [-0.4, -0.2) is 73.8 Å². The van der Waals surface area contributed by atoms with Crippen LogP contribution in [0, 0.1) is 5.92 Å². The molecule has 2 heterocycles. The maximum Gasteiger partial charge on any atom is 0.326 e. The second kappa shape index (κ2) is 14.8. The molecule has 0 aliphatic heterocycles. The number of amides is 4. The summed E-state index contributed by atoms with van der Waals surface area (Å²) in [5.41, 5.74) is 13.1. The number of aliphatic carboxylic acids is 1. The minimum absolute atomic E-state index is 0.00838. The molecular formula is C28H38N8O6. The van der Waals surface area contributed by atoms with E-state index in [1.807, 2.05) is 38.1 Å². The number of fused-ring (bicyclic) bond motifs is 1. The lowest BCUT2D eigenvalue weighted by Gasteiger charge is -2.26. The Morgan fingerprint density at radius 1 is 0.929 bits per heavy atom. The third-order valence-electron chi connectivity index (χ3n) is 6.70. The quantitative estimate of drug-likeness (QED) is 0.113. The Bertz CT molecular complexity index is 1390. The summed E-state index contributed by atoms with van der Waals surface area (Å²) in [7, 11) is 0. The number of carboxylic acids is 1. The molecule has 1 aromatic carbocycles. The molecule has 10 N–H and O–H groups in total. The molecule has 226 valence electrons. The number of rotatable bonds is 16. The number of aromatic amines is 2. The van der Waals surface area contributed by atoms with Gasteiger partial charge in [-0.25, -0.2) is 9.78 Å². The molecule has 0 spiro atoms. The van der Waals surface area contributed by atoms with E-state index in [2.05, 4.69) is 30.9 Å². The van der Waals surface area contributed by atoms with Gasteiger partial charge in [0.25, 0.3) is 0 Å². The minimum Gasteiger partial charge on any atom is -0.480 e. The summed E-state index contributed by atoms with van der Waals surface area (Å²) in [5, 5.41) is 18.6. The number of nitrogens with two attached hydrogens (primary N) is 2. The zero-order valence-electron chi connectivity index (χ0n) is 23.6. The Balaban J connectivity index is 1.75. The van der Waals surface area contributed by atoms with Gasteiger partial charge in [0.2, 0.25) is 23.6 Å². The van der Waals surface area contributed by atoms with E-state index < -0.39 is 53.8 Å². The number of carbonyl (C=O) groups excluding carboxylic acids is 4. The van der Waals surface area contributed by atoms with Crippen LogP contribution in [-0.2, 0) is 36.8 Å². The molecule has 3 aromatic rings.